The normalized spacial score (nSPS) is 12.0. The van der Waals surface area contributed by atoms with E-state index in [-0.39, 0.29) is 13.0 Å². The summed E-state index contributed by atoms with van der Waals surface area (Å²) in [5.41, 5.74) is 0. The maximum Gasteiger partial charge on any atom is 0.333 e. The van der Waals surface area contributed by atoms with Crippen molar-refractivity contribution < 1.29 is 23.9 Å². The zero-order valence-electron chi connectivity index (χ0n) is 10.4. The molecule has 0 saturated heterocycles. The van der Waals surface area contributed by atoms with Crippen LogP contribution < -0.4 is 0 Å². The lowest BCUT2D eigenvalue weighted by molar-refractivity contribution is -0.150. The smallest absolute Gasteiger partial charge is 0.333 e. The van der Waals surface area contributed by atoms with Gasteiger partial charge in [-0.05, 0) is 12.8 Å². The second-order valence-electron chi connectivity index (χ2n) is 3.34. The van der Waals surface area contributed by atoms with Gasteiger partial charge in [0.15, 0.2) is 6.04 Å². The van der Waals surface area contributed by atoms with Crippen LogP contribution in [0.3, 0.4) is 0 Å². The number of nitriles is 1. The standard InChI is InChI=1S/C11H13N3O5/c1-2-10(14-8-16)19-11(17)9(13-7-15)4-3-5-18-6-12/h9-10H,2-5H2,1H3. The van der Waals surface area contributed by atoms with Crippen LogP contribution in [-0.2, 0) is 23.9 Å². The van der Waals surface area contributed by atoms with Crippen molar-refractivity contribution in [2.24, 2.45) is 9.98 Å². The summed E-state index contributed by atoms with van der Waals surface area (Å²) >= 11 is 0. The molecular formula is C11H13N3O5. The van der Waals surface area contributed by atoms with Gasteiger partial charge in [-0.1, -0.05) is 6.92 Å². The second kappa shape index (κ2) is 10.7. The third kappa shape index (κ3) is 7.45. The van der Waals surface area contributed by atoms with Crippen LogP contribution in [0.5, 0.6) is 0 Å². The Balaban J connectivity index is 4.43. The Labute approximate surface area is 109 Å². The van der Waals surface area contributed by atoms with Gasteiger partial charge in [-0.15, -0.1) is 0 Å². The highest BCUT2D eigenvalue weighted by atomic mass is 16.6. The number of hydrogen-bond donors (Lipinski definition) is 0. The van der Waals surface area contributed by atoms with Gasteiger partial charge in [0.2, 0.25) is 18.4 Å². The molecule has 0 aliphatic carbocycles. The molecule has 0 radical (unpaired) electrons. The third-order valence-corrected chi connectivity index (χ3v) is 2.07. The molecule has 8 nitrogen and oxygen atoms in total. The zero-order chi connectivity index (χ0) is 14.5. The van der Waals surface area contributed by atoms with E-state index < -0.39 is 18.2 Å². The van der Waals surface area contributed by atoms with E-state index in [0.29, 0.717) is 12.8 Å². The molecule has 0 N–H and O–H groups in total. The van der Waals surface area contributed by atoms with Crippen LogP contribution >= 0.6 is 0 Å². The minimum atomic E-state index is -1.05. The number of aliphatic imine (C=N–C) groups is 2. The molecule has 2 atom stereocenters. The maximum atomic E-state index is 11.7. The Kier molecular flexibility index (Phi) is 9.27. The van der Waals surface area contributed by atoms with Crippen molar-refractivity contribution in [1.29, 1.82) is 5.26 Å². The van der Waals surface area contributed by atoms with E-state index in [1.165, 1.54) is 18.4 Å². The number of carbonyl (C=O) groups excluding carboxylic acids is 3. The van der Waals surface area contributed by atoms with Crippen LogP contribution in [0.15, 0.2) is 9.98 Å². The number of carbonyl (C=O) groups is 1. The Bertz CT molecular complexity index is 419. The van der Waals surface area contributed by atoms with E-state index >= 15 is 0 Å². The van der Waals surface area contributed by atoms with Gasteiger partial charge in [-0.2, -0.15) is 15.2 Å². The molecule has 0 amide bonds. The fourth-order valence-electron chi connectivity index (χ4n) is 1.17. The average Bonchev–Trinajstić information content (AvgIpc) is 2.41. The van der Waals surface area contributed by atoms with E-state index in [1.54, 1.807) is 6.92 Å². The van der Waals surface area contributed by atoms with Crippen molar-refractivity contribution in [3.8, 4) is 6.26 Å². The van der Waals surface area contributed by atoms with Crippen molar-refractivity contribution in [2.75, 3.05) is 6.61 Å². The molecule has 0 rings (SSSR count). The van der Waals surface area contributed by atoms with Gasteiger partial charge in [0.1, 0.15) is 6.61 Å². The highest BCUT2D eigenvalue weighted by Crippen LogP contribution is 2.08. The van der Waals surface area contributed by atoms with E-state index in [4.69, 9.17) is 10.00 Å². The van der Waals surface area contributed by atoms with Crippen LogP contribution in [-0.4, -0.2) is 37.0 Å². The van der Waals surface area contributed by atoms with Gasteiger partial charge < -0.3 is 9.47 Å². The van der Waals surface area contributed by atoms with E-state index in [2.05, 4.69) is 14.7 Å². The zero-order valence-corrected chi connectivity index (χ0v) is 10.4. The van der Waals surface area contributed by atoms with Gasteiger partial charge in [0.25, 0.3) is 6.26 Å². The summed E-state index contributed by atoms with van der Waals surface area (Å²) in [4.78, 5) is 38.5. The minimum Gasteiger partial charge on any atom is -0.437 e. The van der Waals surface area contributed by atoms with Crippen LogP contribution in [0.4, 0.5) is 0 Å². The monoisotopic (exact) mass is 267 g/mol. The number of isocyanates is 2. The lowest BCUT2D eigenvalue weighted by Crippen LogP contribution is -2.26. The van der Waals surface area contributed by atoms with Crippen molar-refractivity contribution in [1.82, 2.24) is 0 Å². The van der Waals surface area contributed by atoms with E-state index in [0.717, 1.165) is 0 Å². The summed E-state index contributed by atoms with van der Waals surface area (Å²) in [6, 6.07) is -1.05. The number of rotatable bonds is 9. The van der Waals surface area contributed by atoms with E-state index in [9.17, 15) is 14.4 Å². The first kappa shape index (κ1) is 16.5. The number of esters is 1. The highest BCUT2D eigenvalue weighted by Gasteiger charge is 2.22. The highest BCUT2D eigenvalue weighted by molar-refractivity contribution is 5.77. The first-order chi connectivity index (χ1) is 9.19. The molecule has 0 spiro atoms. The van der Waals surface area contributed by atoms with Crippen molar-refractivity contribution in [3.63, 3.8) is 0 Å². The van der Waals surface area contributed by atoms with Gasteiger partial charge >= 0.3 is 5.97 Å². The van der Waals surface area contributed by atoms with Gasteiger partial charge in [0.05, 0.1) is 0 Å². The third-order valence-electron chi connectivity index (χ3n) is 2.07. The minimum absolute atomic E-state index is 0.109. The first-order valence-corrected chi connectivity index (χ1v) is 5.54. The Morgan fingerprint density at radius 3 is 2.53 bits per heavy atom. The molecule has 102 valence electrons. The molecule has 0 aliphatic heterocycles. The maximum absolute atomic E-state index is 11.7. The Morgan fingerprint density at radius 1 is 1.32 bits per heavy atom. The van der Waals surface area contributed by atoms with Crippen molar-refractivity contribution in [3.05, 3.63) is 0 Å². The summed E-state index contributed by atoms with van der Waals surface area (Å²) in [6.45, 7) is 1.77. The van der Waals surface area contributed by atoms with E-state index in [1.807, 2.05) is 0 Å². The van der Waals surface area contributed by atoms with Gasteiger partial charge in [-0.3, -0.25) is 0 Å². The van der Waals surface area contributed by atoms with Crippen LogP contribution in [0.1, 0.15) is 26.2 Å². The SMILES string of the molecule is CCC(N=C=O)OC(=O)C(CCCOC#N)N=C=O. The number of hydrogen-bond acceptors (Lipinski definition) is 8. The molecule has 0 aromatic rings. The molecule has 0 bridgehead atoms. The summed E-state index contributed by atoms with van der Waals surface area (Å²) in [7, 11) is 0. The molecule has 19 heavy (non-hydrogen) atoms. The number of nitrogens with zero attached hydrogens (tertiary/aromatic N) is 3. The average molecular weight is 267 g/mol. The van der Waals surface area contributed by atoms with Crippen LogP contribution in [0.2, 0.25) is 0 Å². The summed E-state index contributed by atoms with van der Waals surface area (Å²) in [6.07, 6.45) is 3.91. The fraction of sp³-hybridized carbons (Fsp3) is 0.636. The first-order valence-electron chi connectivity index (χ1n) is 5.54. The quantitative estimate of drug-likeness (QED) is 0.198. The lowest BCUT2D eigenvalue weighted by Gasteiger charge is -2.13. The lowest BCUT2D eigenvalue weighted by atomic mass is 10.2. The fourth-order valence-corrected chi connectivity index (χ4v) is 1.17. The van der Waals surface area contributed by atoms with Crippen LogP contribution in [0, 0.1) is 11.5 Å². The summed E-state index contributed by atoms with van der Waals surface area (Å²) in [5, 5.41) is 8.16. The topological polar surface area (TPSA) is 118 Å². The predicted molar refractivity (Wildman–Crippen MR) is 61.0 cm³/mol. The summed E-state index contributed by atoms with van der Waals surface area (Å²) in [5.74, 6) is -0.786. The largest absolute Gasteiger partial charge is 0.437 e. The van der Waals surface area contributed by atoms with Gasteiger partial charge in [-0.25, -0.2) is 14.4 Å². The van der Waals surface area contributed by atoms with Gasteiger partial charge in [0, 0.05) is 6.42 Å². The molecule has 0 aromatic heterocycles. The molecule has 0 heterocycles. The number of ether oxygens (including phenoxy) is 2. The summed E-state index contributed by atoms with van der Waals surface area (Å²) < 4.78 is 9.29. The Hall–Kier alpha value is -2.48. The molecular weight excluding hydrogens is 254 g/mol. The molecule has 0 saturated carbocycles. The molecule has 8 heteroatoms. The predicted octanol–water partition coefficient (Wildman–Crippen LogP) is 0.584. The molecule has 0 fully saturated rings. The van der Waals surface area contributed by atoms with Crippen molar-refractivity contribution in [2.45, 2.75) is 38.5 Å². The Morgan fingerprint density at radius 2 is 2.00 bits per heavy atom. The van der Waals surface area contributed by atoms with Crippen LogP contribution in [0.25, 0.3) is 0 Å². The molecule has 0 aliphatic rings. The molecule has 2 unspecified atom stereocenters. The van der Waals surface area contributed by atoms with Crippen molar-refractivity contribution >= 4 is 18.1 Å². The molecule has 0 aromatic carbocycles. The second-order valence-corrected chi connectivity index (χ2v) is 3.34.